The van der Waals surface area contributed by atoms with Crippen molar-refractivity contribution in [1.29, 1.82) is 0 Å². The molecule has 0 saturated heterocycles. The Bertz CT molecular complexity index is 1080. The number of unbranched alkanes of at least 4 members (excludes halogenated alkanes) is 1. The SMILES string of the molecule is CCCCC1=[C-]CC=C1.[Cl-].[Cl-].[Zr+4].c1ccc2[cH-]c(-n3ncc4ccccc43)cc2c1. The summed E-state index contributed by atoms with van der Waals surface area (Å²) >= 11 is 0. The zero-order valence-electron chi connectivity index (χ0n) is 17.0. The van der Waals surface area contributed by atoms with Gasteiger partial charge in [-0.2, -0.15) is 11.2 Å². The van der Waals surface area contributed by atoms with Gasteiger partial charge in [0.05, 0.1) is 11.7 Å². The van der Waals surface area contributed by atoms with Crippen LogP contribution in [0.1, 0.15) is 32.6 Å². The summed E-state index contributed by atoms with van der Waals surface area (Å²) in [5, 5.41) is 8.16. The minimum Gasteiger partial charge on any atom is -1.00 e. The average molecular weight is 515 g/mol. The summed E-state index contributed by atoms with van der Waals surface area (Å²) in [6.07, 6.45) is 14.4. The molecule has 30 heavy (non-hydrogen) atoms. The second-order valence-electron chi connectivity index (χ2n) is 6.87. The molecule has 1 aliphatic rings. The molecule has 0 aliphatic heterocycles. The molecular weight excluding hydrogens is 490 g/mol. The number of allylic oxidation sites excluding steroid dienone is 4. The molecule has 152 valence electrons. The van der Waals surface area contributed by atoms with Crippen molar-refractivity contribution >= 4 is 21.7 Å². The second kappa shape index (κ2) is 13.0. The Morgan fingerprint density at radius 1 is 1.03 bits per heavy atom. The van der Waals surface area contributed by atoms with Crippen LogP contribution in [-0.4, -0.2) is 9.78 Å². The Morgan fingerprint density at radius 2 is 1.77 bits per heavy atom. The molecule has 1 aliphatic carbocycles. The smallest absolute Gasteiger partial charge is 1.00 e. The molecule has 2 nitrogen and oxygen atoms in total. The zero-order chi connectivity index (χ0) is 18.5. The van der Waals surface area contributed by atoms with E-state index in [2.05, 4.69) is 78.8 Å². The molecule has 5 rings (SSSR count). The maximum Gasteiger partial charge on any atom is 4.00 e. The van der Waals surface area contributed by atoms with E-state index in [-0.39, 0.29) is 51.0 Å². The van der Waals surface area contributed by atoms with E-state index >= 15 is 0 Å². The third-order valence-electron chi connectivity index (χ3n) is 4.89. The Kier molecular flexibility index (Phi) is 11.5. The molecule has 0 fully saturated rings. The largest absolute Gasteiger partial charge is 4.00 e. The summed E-state index contributed by atoms with van der Waals surface area (Å²) in [5.41, 5.74) is 3.68. The monoisotopic (exact) mass is 512 g/mol. The van der Waals surface area contributed by atoms with E-state index in [0.717, 1.165) is 17.6 Å². The van der Waals surface area contributed by atoms with Crippen LogP contribution in [0.25, 0.3) is 27.4 Å². The quantitative estimate of drug-likeness (QED) is 0.368. The molecule has 0 amide bonds. The van der Waals surface area contributed by atoms with Crippen LogP contribution in [0.15, 0.2) is 84.6 Å². The van der Waals surface area contributed by atoms with Gasteiger partial charge >= 0.3 is 26.2 Å². The molecule has 0 unspecified atom stereocenters. The summed E-state index contributed by atoms with van der Waals surface area (Å²) < 4.78 is 2.00. The van der Waals surface area contributed by atoms with Crippen molar-refractivity contribution in [1.82, 2.24) is 9.78 Å². The van der Waals surface area contributed by atoms with Gasteiger partial charge in [0.15, 0.2) is 0 Å². The van der Waals surface area contributed by atoms with Gasteiger partial charge in [-0.05, 0) is 11.8 Å². The van der Waals surface area contributed by atoms with Crippen molar-refractivity contribution in [3.05, 3.63) is 90.7 Å². The predicted octanol–water partition coefficient (Wildman–Crippen LogP) is 0.769. The van der Waals surface area contributed by atoms with Crippen molar-refractivity contribution in [3.63, 3.8) is 0 Å². The van der Waals surface area contributed by atoms with Crippen molar-refractivity contribution < 1.29 is 51.0 Å². The molecule has 0 bridgehead atoms. The Hall–Kier alpha value is -1.54. The first-order chi connectivity index (χ1) is 13.3. The number of hydrogen-bond donors (Lipinski definition) is 0. The van der Waals surface area contributed by atoms with Gasteiger partial charge in [0.2, 0.25) is 0 Å². The summed E-state index contributed by atoms with van der Waals surface area (Å²) in [4.78, 5) is 0. The van der Waals surface area contributed by atoms with Crippen LogP contribution in [0.5, 0.6) is 0 Å². The first-order valence-corrected chi connectivity index (χ1v) is 9.70. The zero-order valence-corrected chi connectivity index (χ0v) is 21.0. The van der Waals surface area contributed by atoms with E-state index in [1.54, 1.807) is 0 Å². The predicted molar refractivity (Wildman–Crippen MR) is 114 cm³/mol. The van der Waals surface area contributed by atoms with Crippen LogP contribution >= 0.6 is 0 Å². The van der Waals surface area contributed by atoms with Crippen molar-refractivity contribution in [2.24, 2.45) is 0 Å². The Morgan fingerprint density at radius 3 is 2.47 bits per heavy atom. The van der Waals surface area contributed by atoms with Crippen LogP contribution in [0.2, 0.25) is 0 Å². The van der Waals surface area contributed by atoms with Crippen LogP contribution in [0, 0.1) is 6.08 Å². The second-order valence-corrected chi connectivity index (χ2v) is 6.87. The fourth-order valence-corrected chi connectivity index (χ4v) is 3.42. The topological polar surface area (TPSA) is 17.8 Å². The Balaban J connectivity index is 0.000000327. The third-order valence-corrected chi connectivity index (χ3v) is 4.89. The van der Waals surface area contributed by atoms with Gasteiger partial charge in [0, 0.05) is 5.39 Å². The summed E-state index contributed by atoms with van der Waals surface area (Å²) in [6, 6.07) is 21.0. The molecule has 1 heterocycles. The van der Waals surface area contributed by atoms with E-state index in [4.69, 9.17) is 0 Å². The molecule has 0 N–H and O–H groups in total. The van der Waals surface area contributed by atoms with Gasteiger partial charge in [0.25, 0.3) is 0 Å². The molecule has 0 radical (unpaired) electrons. The summed E-state index contributed by atoms with van der Waals surface area (Å²) in [7, 11) is 0. The summed E-state index contributed by atoms with van der Waals surface area (Å²) in [6.45, 7) is 2.22. The number of fused-ring (bicyclic) bond motifs is 2. The molecule has 0 saturated carbocycles. The first kappa shape index (κ1) is 26.5. The van der Waals surface area contributed by atoms with Gasteiger partial charge < -0.3 is 24.8 Å². The first-order valence-electron chi connectivity index (χ1n) is 9.70. The van der Waals surface area contributed by atoms with Gasteiger partial charge in [-0.25, -0.2) is 11.6 Å². The van der Waals surface area contributed by atoms with E-state index in [1.165, 1.54) is 41.0 Å². The average Bonchev–Trinajstić information content (AvgIpc) is 3.45. The summed E-state index contributed by atoms with van der Waals surface area (Å²) in [5.74, 6) is 0. The van der Waals surface area contributed by atoms with Crippen molar-refractivity contribution in [3.8, 4) is 5.69 Å². The number of para-hydroxylation sites is 1. The number of nitrogens with zero attached hydrogens (tertiary/aromatic N) is 2. The van der Waals surface area contributed by atoms with E-state index in [9.17, 15) is 0 Å². The maximum absolute atomic E-state index is 4.48. The van der Waals surface area contributed by atoms with Crippen LogP contribution in [0.4, 0.5) is 0 Å². The molecule has 4 aromatic rings. The van der Waals surface area contributed by atoms with Gasteiger partial charge in [-0.3, -0.25) is 10.8 Å². The van der Waals surface area contributed by atoms with Crippen molar-refractivity contribution in [2.75, 3.05) is 0 Å². The minimum absolute atomic E-state index is 0. The Labute approximate surface area is 210 Å². The van der Waals surface area contributed by atoms with Crippen LogP contribution in [-0.2, 0) is 26.2 Å². The number of halogens is 2. The van der Waals surface area contributed by atoms with Crippen LogP contribution in [0.3, 0.4) is 0 Å². The molecule has 3 aromatic carbocycles. The standard InChI is InChI=1S/C16H11N2.C9H13.2ClH.Zr/c1-2-6-13-10-15(9-12(13)5-1)18-16-8-4-3-7-14(16)11-17-18;1-2-3-6-9-7-4-5-8-9;;;/h1-11H;4,7H,2-3,5-6H2,1H3;2*1H;/q2*-1;;;+4/p-2. The molecule has 0 spiro atoms. The fraction of sp³-hybridized carbons (Fsp3) is 0.200. The molecule has 5 heteroatoms. The number of rotatable bonds is 4. The van der Waals surface area contributed by atoms with Gasteiger partial charge in [0.1, 0.15) is 0 Å². The van der Waals surface area contributed by atoms with E-state index < -0.39 is 0 Å². The van der Waals surface area contributed by atoms with Crippen LogP contribution < -0.4 is 24.8 Å². The number of benzene rings is 2. The number of aromatic nitrogens is 2. The molecule has 1 aromatic heterocycles. The third kappa shape index (κ3) is 6.23. The van der Waals surface area contributed by atoms with Crippen molar-refractivity contribution in [2.45, 2.75) is 32.6 Å². The van der Waals surface area contributed by atoms with E-state index in [1.807, 2.05) is 23.0 Å². The normalized spacial score (nSPS) is 11.7. The fourth-order valence-electron chi connectivity index (χ4n) is 3.42. The van der Waals surface area contributed by atoms with Gasteiger partial charge in [-0.1, -0.05) is 50.5 Å². The minimum atomic E-state index is 0. The molecule has 0 atom stereocenters. The van der Waals surface area contributed by atoms with Gasteiger partial charge in [-0.15, -0.1) is 47.5 Å². The maximum atomic E-state index is 4.48. The molecular formula is C25H24Cl2N2Zr. The number of hydrogen-bond acceptors (Lipinski definition) is 1. The van der Waals surface area contributed by atoms with E-state index in [0.29, 0.717) is 0 Å².